The molecular formula is C17H24ClNOS. The molecule has 0 amide bonds. The van der Waals surface area contributed by atoms with Crippen molar-refractivity contribution in [3.8, 4) is 0 Å². The second-order valence-electron chi connectivity index (χ2n) is 6.45. The highest BCUT2D eigenvalue weighted by Crippen LogP contribution is 2.43. The van der Waals surface area contributed by atoms with Gasteiger partial charge in [-0.25, -0.2) is 0 Å². The molecule has 2 saturated heterocycles. The first-order chi connectivity index (χ1) is 10.1. The lowest BCUT2D eigenvalue weighted by Crippen LogP contribution is -2.45. The maximum absolute atomic E-state index is 6.57. The maximum atomic E-state index is 6.57. The van der Waals surface area contributed by atoms with Crippen molar-refractivity contribution in [3.05, 3.63) is 34.3 Å². The third kappa shape index (κ3) is 3.42. The van der Waals surface area contributed by atoms with Crippen LogP contribution in [-0.2, 0) is 4.74 Å². The van der Waals surface area contributed by atoms with Gasteiger partial charge in [0, 0.05) is 17.7 Å². The minimum Gasteiger partial charge on any atom is -0.375 e. The Bertz CT molecular complexity index is 496. The van der Waals surface area contributed by atoms with Gasteiger partial charge in [0.1, 0.15) is 0 Å². The molecule has 0 aromatic heterocycles. The number of aryl methyl sites for hydroxylation is 1. The Morgan fingerprint density at radius 3 is 2.86 bits per heavy atom. The third-order valence-corrected chi connectivity index (χ3v) is 6.27. The van der Waals surface area contributed by atoms with Crippen LogP contribution in [0.4, 0.5) is 0 Å². The molecule has 116 valence electrons. The largest absolute Gasteiger partial charge is 0.375 e. The monoisotopic (exact) mass is 325 g/mol. The molecule has 2 atom stereocenters. The molecule has 2 unspecified atom stereocenters. The van der Waals surface area contributed by atoms with E-state index in [1.807, 2.05) is 17.8 Å². The van der Waals surface area contributed by atoms with Gasteiger partial charge < -0.3 is 10.5 Å². The second kappa shape index (κ2) is 6.49. The van der Waals surface area contributed by atoms with Crippen LogP contribution < -0.4 is 5.73 Å². The molecule has 2 aliphatic rings. The van der Waals surface area contributed by atoms with Gasteiger partial charge in [-0.1, -0.05) is 23.7 Å². The highest BCUT2D eigenvalue weighted by Gasteiger charge is 2.40. The number of nitrogens with two attached hydrogens (primary N) is 1. The fourth-order valence-corrected chi connectivity index (χ4v) is 5.22. The molecule has 1 aromatic carbocycles. The lowest BCUT2D eigenvalue weighted by atomic mass is 9.77. The Hall–Kier alpha value is -0.220. The molecule has 0 aliphatic carbocycles. The van der Waals surface area contributed by atoms with Crippen molar-refractivity contribution in [1.29, 1.82) is 0 Å². The molecule has 1 spiro atoms. The quantitative estimate of drug-likeness (QED) is 0.878. The average Bonchev–Trinajstić information content (AvgIpc) is 2.47. The van der Waals surface area contributed by atoms with Crippen LogP contribution in [0, 0.1) is 12.8 Å². The highest BCUT2D eigenvalue weighted by atomic mass is 35.5. The van der Waals surface area contributed by atoms with Crippen molar-refractivity contribution in [2.45, 2.75) is 44.2 Å². The first-order valence-electron chi connectivity index (χ1n) is 7.83. The van der Waals surface area contributed by atoms with E-state index in [2.05, 4.69) is 19.1 Å². The summed E-state index contributed by atoms with van der Waals surface area (Å²) in [6, 6.07) is 6.24. The molecule has 4 heteroatoms. The zero-order chi connectivity index (χ0) is 14.9. The third-order valence-electron chi connectivity index (χ3n) is 4.96. The molecule has 0 radical (unpaired) electrons. The first kappa shape index (κ1) is 15.7. The number of hydrogen-bond donors (Lipinski definition) is 1. The van der Waals surface area contributed by atoms with E-state index in [1.54, 1.807) is 0 Å². The molecule has 2 N–H and O–H groups in total. The van der Waals surface area contributed by atoms with Gasteiger partial charge >= 0.3 is 0 Å². The maximum Gasteiger partial charge on any atom is 0.0701 e. The molecule has 2 nitrogen and oxygen atoms in total. The summed E-state index contributed by atoms with van der Waals surface area (Å²) >= 11 is 8.45. The summed E-state index contributed by atoms with van der Waals surface area (Å²) in [6.07, 6.45) is 4.46. The SMILES string of the molecule is Cc1ccc(C(N)C2CCOC3(CCSCC3)C2)c(Cl)c1. The van der Waals surface area contributed by atoms with Gasteiger partial charge in [0.25, 0.3) is 0 Å². The van der Waals surface area contributed by atoms with E-state index >= 15 is 0 Å². The summed E-state index contributed by atoms with van der Waals surface area (Å²) in [7, 11) is 0. The summed E-state index contributed by atoms with van der Waals surface area (Å²) in [5.41, 5.74) is 8.93. The van der Waals surface area contributed by atoms with Crippen molar-refractivity contribution >= 4 is 23.4 Å². The highest BCUT2D eigenvalue weighted by molar-refractivity contribution is 7.99. The van der Waals surface area contributed by atoms with Gasteiger partial charge in [-0.15, -0.1) is 0 Å². The van der Waals surface area contributed by atoms with Gasteiger partial charge in [0.05, 0.1) is 5.60 Å². The van der Waals surface area contributed by atoms with E-state index in [9.17, 15) is 0 Å². The van der Waals surface area contributed by atoms with Crippen molar-refractivity contribution in [1.82, 2.24) is 0 Å². The summed E-state index contributed by atoms with van der Waals surface area (Å²) in [6.45, 7) is 2.90. The topological polar surface area (TPSA) is 35.2 Å². The molecule has 3 rings (SSSR count). The van der Waals surface area contributed by atoms with E-state index in [0.717, 1.165) is 30.0 Å². The number of rotatable bonds is 2. The second-order valence-corrected chi connectivity index (χ2v) is 8.08. The number of ether oxygens (including phenoxy) is 1. The smallest absolute Gasteiger partial charge is 0.0701 e. The van der Waals surface area contributed by atoms with Crippen LogP contribution in [0.25, 0.3) is 0 Å². The average molecular weight is 326 g/mol. The van der Waals surface area contributed by atoms with E-state index in [0.29, 0.717) is 5.92 Å². The van der Waals surface area contributed by atoms with E-state index < -0.39 is 0 Å². The van der Waals surface area contributed by atoms with Crippen LogP contribution in [0.3, 0.4) is 0 Å². The number of halogens is 1. The van der Waals surface area contributed by atoms with Crippen molar-refractivity contribution in [2.24, 2.45) is 11.7 Å². The zero-order valence-corrected chi connectivity index (χ0v) is 14.2. The van der Waals surface area contributed by atoms with Crippen LogP contribution in [0.15, 0.2) is 18.2 Å². The first-order valence-corrected chi connectivity index (χ1v) is 9.36. The molecule has 2 aliphatic heterocycles. The summed E-state index contributed by atoms with van der Waals surface area (Å²) < 4.78 is 6.17. The van der Waals surface area contributed by atoms with Crippen molar-refractivity contribution in [2.75, 3.05) is 18.1 Å². The van der Waals surface area contributed by atoms with E-state index in [1.165, 1.54) is 29.9 Å². The molecule has 2 fully saturated rings. The van der Waals surface area contributed by atoms with Gasteiger partial charge in [0.2, 0.25) is 0 Å². The summed E-state index contributed by atoms with van der Waals surface area (Å²) in [4.78, 5) is 0. The number of hydrogen-bond acceptors (Lipinski definition) is 3. The molecule has 21 heavy (non-hydrogen) atoms. The molecular weight excluding hydrogens is 302 g/mol. The Morgan fingerprint density at radius 1 is 1.38 bits per heavy atom. The normalized spacial score (nSPS) is 26.7. The zero-order valence-electron chi connectivity index (χ0n) is 12.6. The van der Waals surface area contributed by atoms with Gasteiger partial charge in [-0.3, -0.25) is 0 Å². The lowest BCUT2D eigenvalue weighted by molar-refractivity contribution is -0.105. The Labute approximate surface area is 136 Å². The van der Waals surface area contributed by atoms with Crippen molar-refractivity contribution < 1.29 is 4.74 Å². The standard InChI is InChI=1S/C17H24ClNOS/c1-12-2-3-14(15(18)10-12)16(19)13-4-7-20-17(11-13)5-8-21-9-6-17/h2-3,10,13,16H,4-9,11,19H2,1H3. The predicted octanol–water partition coefficient (Wildman–Crippen LogP) is 4.34. The molecule has 2 heterocycles. The van der Waals surface area contributed by atoms with Gasteiger partial charge in [-0.2, -0.15) is 11.8 Å². The van der Waals surface area contributed by atoms with Crippen LogP contribution in [-0.4, -0.2) is 23.7 Å². The van der Waals surface area contributed by atoms with E-state index in [4.69, 9.17) is 22.1 Å². The van der Waals surface area contributed by atoms with Gasteiger partial charge in [-0.05, 0) is 67.2 Å². The van der Waals surface area contributed by atoms with E-state index in [-0.39, 0.29) is 11.6 Å². The number of thioether (sulfide) groups is 1. The minimum absolute atomic E-state index is 0.0217. The van der Waals surface area contributed by atoms with Crippen LogP contribution in [0.2, 0.25) is 5.02 Å². The molecule has 1 aromatic rings. The minimum atomic E-state index is 0.0217. The number of benzene rings is 1. The summed E-state index contributed by atoms with van der Waals surface area (Å²) in [5, 5.41) is 0.808. The van der Waals surface area contributed by atoms with Gasteiger partial charge in [0.15, 0.2) is 0 Å². The van der Waals surface area contributed by atoms with Crippen LogP contribution >= 0.6 is 23.4 Å². The Kier molecular flexibility index (Phi) is 4.84. The molecule has 0 bridgehead atoms. The van der Waals surface area contributed by atoms with Crippen LogP contribution in [0.5, 0.6) is 0 Å². The summed E-state index contributed by atoms with van der Waals surface area (Å²) in [5.74, 6) is 2.91. The van der Waals surface area contributed by atoms with Crippen molar-refractivity contribution in [3.63, 3.8) is 0 Å². The predicted molar refractivity (Wildman–Crippen MR) is 91.1 cm³/mol. The molecule has 0 saturated carbocycles. The Balaban J connectivity index is 1.76. The fourth-order valence-electron chi connectivity index (χ4n) is 3.62. The van der Waals surface area contributed by atoms with Crippen LogP contribution in [0.1, 0.15) is 42.9 Å². The fraction of sp³-hybridized carbons (Fsp3) is 0.647. The Morgan fingerprint density at radius 2 is 2.14 bits per heavy atom. The lowest BCUT2D eigenvalue weighted by Gasteiger charge is -2.45.